The number of hydrogen-bond donors (Lipinski definition) is 0. The van der Waals surface area contributed by atoms with Crippen LogP contribution in [0.3, 0.4) is 0 Å². The van der Waals surface area contributed by atoms with E-state index < -0.39 is 0 Å². The van der Waals surface area contributed by atoms with Crippen molar-refractivity contribution in [3.63, 3.8) is 0 Å². The third-order valence-electron chi connectivity index (χ3n) is 4.70. The van der Waals surface area contributed by atoms with Crippen molar-refractivity contribution in [3.05, 3.63) is 107 Å². The maximum atomic E-state index is 3.39. The molecule has 4 heteroatoms. The van der Waals surface area contributed by atoms with Crippen molar-refractivity contribution in [2.45, 2.75) is 39.2 Å². The van der Waals surface area contributed by atoms with Crippen molar-refractivity contribution in [2.75, 3.05) is 0 Å². The van der Waals surface area contributed by atoms with Gasteiger partial charge in [-0.2, -0.15) is 23.3 Å². The minimum Gasteiger partial charge on any atom is -1.00 e. The molecule has 0 aliphatic heterocycles. The number of allylic oxidation sites excluding steroid dienone is 8. The molecule has 32 heavy (non-hydrogen) atoms. The van der Waals surface area contributed by atoms with Crippen LogP contribution in [0.2, 0.25) is 11.5 Å². The molecule has 168 valence electrons. The second-order valence-corrected chi connectivity index (χ2v) is 30.9. The van der Waals surface area contributed by atoms with Crippen molar-refractivity contribution in [3.8, 4) is 0 Å². The first-order valence-electron chi connectivity index (χ1n) is 10.5. The third-order valence-corrected chi connectivity index (χ3v) is 4.70. The van der Waals surface area contributed by atoms with E-state index in [-0.39, 0.29) is 34.9 Å². The van der Waals surface area contributed by atoms with E-state index in [1.807, 2.05) is 12.1 Å². The predicted molar refractivity (Wildman–Crippen MR) is 130 cm³/mol. The molecule has 2 aliphatic carbocycles. The topological polar surface area (TPSA) is 0 Å². The zero-order valence-corrected chi connectivity index (χ0v) is 27.0. The van der Waals surface area contributed by atoms with E-state index >= 15 is 0 Å². The van der Waals surface area contributed by atoms with Crippen molar-refractivity contribution in [2.24, 2.45) is 11.8 Å². The first-order valence-corrected chi connectivity index (χ1v) is 25.1. The molecule has 0 amide bonds. The molecule has 0 nitrogen and oxygen atoms in total. The van der Waals surface area contributed by atoms with Crippen molar-refractivity contribution < 1.29 is 46.1 Å². The second kappa shape index (κ2) is 16.1. The Bertz CT molecular complexity index is 894. The van der Waals surface area contributed by atoms with Gasteiger partial charge < -0.3 is 24.8 Å². The van der Waals surface area contributed by atoms with Crippen LogP contribution in [0.4, 0.5) is 0 Å². The number of halogens is 2. The standard InChI is InChI=1S/2C13H13.C2H6Ge.2ClH.Hf/c2*1-10-8-11(2)13(9-10)12-6-4-3-5-7-12;1-3-2;;;/h2*3-7,9-10H,1-2H3;1-2H3;2*1H;/q2*-1;;;;+2/p-2. The molecule has 0 fully saturated rings. The fourth-order valence-corrected chi connectivity index (χ4v) is 3.53. The van der Waals surface area contributed by atoms with E-state index in [2.05, 4.69) is 112 Å². The zero-order chi connectivity index (χ0) is 22.1. The average molecular weight is 691 g/mol. The Hall–Kier alpha value is -0.607. The summed E-state index contributed by atoms with van der Waals surface area (Å²) >= 11 is 1.52. The first kappa shape index (κ1) is 31.4. The normalized spacial score (nSPS) is 18.1. The molecule has 2 unspecified atom stereocenters. The average Bonchev–Trinajstić information content (AvgIpc) is 3.23. The van der Waals surface area contributed by atoms with Gasteiger partial charge in [-0.3, -0.25) is 12.2 Å². The predicted octanol–water partition coefficient (Wildman–Crippen LogP) is 1.73. The molecule has 0 saturated carbocycles. The molecule has 2 aromatic rings. The van der Waals surface area contributed by atoms with Crippen molar-refractivity contribution in [1.29, 1.82) is 0 Å². The molecule has 0 bridgehead atoms. The quantitative estimate of drug-likeness (QED) is 0.333. The van der Waals surface area contributed by atoms with Gasteiger partial charge in [-0.15, -0.1) is 11.1 Å². The van der Waals surface area contributed by atoms with E-state index in [0.717, 1.165) is 0 Å². The Morgan fingerprint density at radius 1 is 0.656 bits per heavy atom. The molecule has 2 aliphatic rings. The molecule has 0 heterocycles. The largest absolute Gasteiger partial charge is 1.00 e. The molecule has 0 N–H and O–H groups in total. The Kier molecular flexibility index (Phi) is 15.8. The SMILES string of the molecule is CC1=[C-]C(C)C=C1c1ccccc1.CC1=[C-]C(C)C=C1c1ccccc1.[CH3][Ge]([CH3])=[Hf+2].[Cl-].[Cl-]. The molecule has 2 aromatic carbocycles. The number of hydrogen-bond acceptors (Lipinski definition) is 0. The monoisotopic (exact) mass is 692 g/mol. The fourth-order valence-electron chi connectivity index (χ4n) is 3.53. The van der Waals surface area contributed by atoms with Crippen molar-refractivity contribution in [1.82, 2.24) is 0 Å². The van der Waals surface area contributed by atoms with Gasteiger partial charge in [-0.1, -0.05) is 100 Å². The van der Waals surface area contributed by atoms with Crippen LogP contribution in [-0.4, -0.2) is 10.1 Å². The maximum absolute atomic E-state index is 3.39. The van der Waals surface area contributed by atoms with Crippen LogP contribution in [-0.2, 0) is 21.3 Å². The summed E-state index contributed by atoms with van der Waals surface area (Å²) in [6, 6.07) is 21.0. The smallest absolute Gasteiger partial charge is 1.00 e. The minimum atomic E-state index is -0.194. The molecule has 0 saturated heterocycles. The van der Waals surface area contributed by atoms with Crippen LogP contribution in [0.15, 0.2) is 84.0 Å². The van der Waals surface area contributed by atoms with Crippen molar-refractivity contribution >= 4 is 21.2 Å². The van der Waals surface area contributed by atoms with Crippen LogP contribution in [0.25, 0.3) is 11.1 Å². The summed E-state index contributed by atoms with van der Waals surface area (Å²) in [5.41, 5.74) is 7.84. The molecule has 2 atom stereocenters. The van der Waals surface area contributed by atoms with Gasteiger partial charge in [0.2, 0.25) is 0 Å². The summed E-state index contributed by atoms with van der Waals surface area (Å²) in [5, 5.41) is 0. The minimum absolute atomic E-state index is 0. The van der Waals surface area contributed by atoms with Gasteiger partial charge in [-0.05, 0) is 0 Å². The molecular formula is C28H32Cl2GeHf-2. The van der Waals surface area contributed by atoms with E-state index in [1.165, 1.54) is 54.7 Å². The third kappa shape index (κ3) is 10.5. The van der Waals surface area contributed by atoms with E-state index in [4.69, 9.17) is 0 Å². The van der Waals surface area contributed by atoms with Gasteiger partial charge >= 0.3 is 42.8 Å². The van der Waals surface area contributed by atoms with Gasteiger partial charge in [0.25, 0.3) is 0 Å². The molecule has 0 radical (unpaired) electrons. The zero-order valence-electron chi connectivity index (χ0n) is 19.8. The number of benzene rings is 2. The second-order valence-electron chi connectivity index (χ2n) is 8.01. The molecular weight excluding hydrogens is 658 g/mol. The van der Waals surface area contributed by atoms with Crippen LogP contribution >= 0.6 is 0 Å². The summed E-state index contributed by atoms with van der Waals surface area (Å²) in [6.07, 6.45) is 11.3. The Labute approximate surface area is 223 Å². The molecule has 0 aromatic heterocycles. The van der Waals surface area contributed by atoms with E-state index in [1.54, 1.807) is 0 Å². The van der Waals surface area contributed by atoms with Gasteiger partial charge in [0, 0.05) is 0 Å². The van der Waals surface area contributed by atoms with Crippen LogP contribution in [0.1, 0.15) is 38.8 Å². The van der Waals surface area contributed by atoms with Crippen LogP contribution in [0.5, 0.6) is 0 Å². The van der Waals surface area contributed by atoms with E-state index in [9.17, 15) is 0 Å². The summed E-state index contributed by atoms with van der Waals surface area (Å²) in [7, 11) is -0.194. The van der Waals surface area contributed by atoms with Gasteiger partial charge in [0.15, 0.2) is 0 Å². The van der Waals surface area contributed by atoms with Gasteiger partial charge in [0.05, 0.1) is 0 Å². The summed E-state index contributed by atoms with van der Waals surface area (Å²) in [4.78, 5) is 0. The summed E-state index contributed by atoms with van der Waals surface area (Å²) < 4.78 is 0. The molecule has 0 spiro atoms. The Morgan fingerprint density at radius 3 is 1.16 bits per heavy atom. The van der Waals surface area contributed by atoms with Gasteiger partial charge in [0.1, 0.15) is 0 Å². The molecule has 4 rings (SSSR count). The Morgan fingerprint density at radius 2 is 0.938 bits per heavy atom. The van der Waals surface area contributed by atoms with E-state index in [0.29, 0.717) is 11.8 Å². The summed E-state index contributed by atoms with van der Waals surface area (Å²) in [5.74, 6) is 5.73. The fraction of sp³-hybridized carbons (Fsp3) is 0.286. The number of rotatable bonds is 2. The first-order chi connectivity index (χ1) is 14.3. The van der Waals surface area contributed by atoms with Crippen LogP contribution in [0, 0.1) is 24.0 Å². The Balaban J connectivity index is 0.000000490. The van der Waals surface area contributed by atoms with Gasteiger partial charge in [-0.25, -0.2) is 11.1 Å². The maximum Gasteiger partial charge on any atom is -1.00 e. The van der Waals surface area contributed by atoms with Crippen LogP contribution < -0.4 is 24.8 Å². The summed E-state index contributed by atoms with van der Waals surface area (Å²) in [6.45, 7) is 8.59.